The lowest BCUT2D eigenvalue weighted by Gasteiger charge is -2.34. The van der Waals surface area contributed by atoms with Crippen LogP contribution < -0.4 is 0 Å². The molecule has 0 bridgehead atoms. The molecule has 0 atom stereocenters. The van der Waals surface area contributed by atoms with Crippen molar-refractivity contribution in [3.05, 3.63) is 82.6 Å². The number of hydrogen-bond acceptors (Lipinski definition) is 3. The van der Waals surface area contributed by atoms with Crippen LogP contribution in [0.3, 0.4) is 0 Å². The maximum absolute atomic E-state index is 13.7. The molecule has 1 aliphatic heterocycles. The van der Waals surface area contributed by atoms with Crippen molar-refractivity contribution in [2.45, 2.75) is 20.4 Å². The third-order valence-electron chi connectivity index (χ3n) is 5.03. The van der Waals surface area contributed by atoms with Gasteiger partial charge in [-0.3, -0.25) is 9.69 Å². The van der Waals surface area contributed by atoms with Gasteiger partial charge in [-0.25, -0.2) is 8.78 Å². The zero-order valence-electron chi connectivity index (χ0n) is 15.7. The highest BCUT2D eigenvalue weighted by Crippen LogP contribution is 2.15. The molecule has 0 aromatic heterocycles. The molecule has 2 aromatic rings. The van der Waals surface area contributed by atoms with Gasteiger partial charge in [0, 0.05) is 45.0 Å². The molecule has 1 fully saturated rings. The van der Waals surface area contributed by atoms with Crippen molar-refractivity contribution in [2.24, 2.45) is 0 Å². The van der Waals surface area contributed by atoms with Crippen LogP contribution in [0.2, 0.25) is 0 Å². The van der Waals surface area contributed by atoms with Crippen LogP contribution in [-0.4, -0.2) is 41.8 Å². The second kappa shape index (κ2) is 8.44. The SMILES string of the molecule is Cc1ccc(CN2CCN(C=CC(=O)c3c(F)cccc3F)CC2)cc1C. The van der Waals surface area contributed by atoms with Gasteiger partial charge in [-0.1, -0.05) is 24.3 Å². The van der Waals surface area contributed by atoms with Crippen LogP contribution in [0, 0.1) is 25.5 Å². The molecule has 1 aliphatic rings. The van der Waals surface area contributed by atoms with E-state index in [0.29, 0.717) is 0 Å². The van der Waals surface area contributed by atoms with Crippen LogP contribution in [0.25, 0.3) is 0 Å². The topological polar surface area (TPSA) is 23.6 Å². The zero-order chi connectivity index (χ0) is 19.4. The number of aryl methyl sites for hydroxylation is 2. The summed E-state index contributed by atoms with van der Waals surface area (Å²) in [4.78, 5) is 16.5. The molecular weight excluding hydrogens is 346 g/mol. The lowest BCUT2D eigenvalue weighted by atomic mass is 10.1. The van der Waals surface area contributed by atoms with Crippen molar-refractivity contribution in [1.82, 2.24) is 9.80 Å². The fraction of sp³-hybridized carbons (Fsp3) is 0.318. The summed E-state index contributed by atoms with van der Waals surface area (Å²) < 4.78 is 27.3. The highest BCUT2D eigenvalue weighted by atomic mass is 19.1. The standard InChI is InChI=1S/C22H24F2N2O/c1-16-6-7-18(14-17(16)2)15-26-12-10-25(11-13-26)9-8-21(27)22-19(23)4-3-5-20(22)24/h3-9,14H,10-13,15H2,1-2H3. The summed E-state index contributed by atoms with van der Waals surface area (Å²) >= 11 is 0. The number of carbonyl (C=O) groups excluding carboxylic acids is 1. The van der Waals surface area contributed by atoms with E-state index in [1.165, 1.54) is 28.8 Å². The van der Waals surface area contributed by atoms with Crippen LogP contribution in [0.15, 0.2) is 48.7 Å². The molecule has 27 heavy (non-hydrogen) atoms. The zero-order valence-corrected chi connectivity index (χ0v) is 15.7. The van der Waals surface area contributed by atoms with Gasteiger partial charge >= 0.3 is 0 Å². The Kier molecular flexibility index (Phi) is 6.01. The molecular formula is C22H24F2N2O. The molecule has 0 amide bonds. The molecule has 3 nitrogen and oxygen atoms in total. The first-order valence-corrected chi connectivity index (χ1v) is 9.13. The van der Waals surface area contributed by atoms with Gasteiger partial charge < -0.3 is 4.90 Å². The molecule has 0 saturated carbocycles. The fourth-order valence-corrected chi connectivity index (χ4v) is 3.22. The average Bonchev–Trinajstić information content (AvgIpc) is 2.64. The van der Waals surface area contributed by atoms with Gasteiger partial charge in [0.05, 0.1) is 5.56 Å². The Morgan fingerprint density at radius 3 is 2.30 bits per heavy atom. The van der Waals surface area contributed by atoms with Gasteiger partial charge in [-0.05, 0) is 42.7 Å². The van der Waals surface area contributed by atoms with Crippen LogP contribution in [0.5, 0.6) is 0 Å². The highest BCUT2D eigenvalue weighted by molar-refractivity contribution is 6.04. The Morgan fingerprint density at radius 1 is 1.00 bits per heavy atom. The summed E-state index contributed by atoms with van der Waals surface area (Å²) in [5, 5.41) is 0. The summed E-state index contributed by atoms with van der Waals surface area (Å²) in [6.45, 7) is 8.43. The smallest absolute Gasteiger partial charge is 0.193 e. The summed E-state index contributed by atoms with van der Waals surface area (Å²) in [5.41, 5.74) is 3.40. The predicted molar refractivity (Wildman–Crippen MR) is 103 cm³/mol. The number of rotatable bonds is 5. The lowest BCUT2D eigenvalue weighted by molar-refractivity contribution is 0.103. The number of benzene rings is 2. The van der Waals surface area contributed by atoms with Gasteiger partial charge in [0.2, 0.25) is 0 Å². The molecule has 1 heterocycles. The Labute approximate surface area is 158 Å². The molecule has 3 rings (SSSR count). The predicted octanol–water partition coefficient (Wildman–Crippen LogP) is 4.10. The molecule has 142 valence electrons. The Bertz CT molecular complexity index is 835. The van der Waals surface area contributed by atoms with E-state index in [1.807, 2.05) is 4.90 Å². The van der Waals surface area contributed by atoms with Crippen LogP contribution in [0.1, 0.15) is 27.0 Å². The largest absolute Gasteiger partial charge is 0.375 e. The van der Waals surface area contributed by atoms with Crippen LogP contribution >= 0.6 is 0 Å². The number of nitrogens with zero attached hydrogens (tertiary/aromatic N) is 2. The van der Waals surface area contributed by atoms with Crippen molar-refractivity contribution in [1.29, 1.82) is 0 Å². The van der Waals surface area contributed by atoms with E-state index in [0.717, 1.165) is 44.9 Å². The van der Waals surface area contributed by atoms with E-state index in [1.54, 1.807) is 6.20 Å². The van der Waals surface area contributed by atoms with Crippen LogP contribution in [0.4, 0.5) is 8.78 Å². The molecule has 0 aliphatic carbocycles. The molecule has 0 unspecified atom stereocenters. The first kappa shape index (κ1) is 19.2. The quantitative estimate of drug-likeness (QED) is 0.585. The molecule has 0 spiro atoms. The second-order valence-electron chi connectivity index (χ2n) is 7.01. The van der Waals surface area contributed by atoms with Gasteiger partial charge in [-0.15, -0.1) is 0 Å². The Hall–Kier alpha value is -2.53. The monoisotopic (exact) mass is 370 g/mol. The lowest BCUT2D eigenvalue weighted by Crippen LogP contribution is -2.43. The Morgan fingerprint density at radius 2 is 1.67 bits per heavy atom. The number of allylic oxidation sites excluding steroid dienone is 1. The fourth-order valence-electron chi connectivity index (χ4n) is 3.22. The van der Waals surface area contributed by atoms with E-state index in [2.05, 4.69) is 36.9 Å². The third kappa shape index (κ3) is 4.80. The minimum Gasteiger partial charge on any atom is -0.375 e. The van der Waals surface area contributed by atoms with E-state index in [9.17, 15) is 13.6 Å². The molecule has 2 aromatic carbocycles. The maximum atomic E-state index is 13.7. The normalized spacial score (nSPS) is 15.5. The molecule has 1 saturated heterocycles. The van der Waals surface area contributed by atoms with Gasteiger partial charge in [0.25, 0.3) is 0 Å². The molecule has 0 radical (unpaired) electrons. The van der Waals surface area contributed by atoms with Crippen molar-refractivity contribution >= 4 is 5.78 Å². The highest BCUT2D eigenvalue weighted by Gasteiger charge is 2.17. The van der Waals surface area contributed by atoms with Crippen molar-refractivity contribution in [3.8, 4) is 0 Å². The number of ketones is 1. The Balaban J connectivity index is 1.54. The van der Waals surface area contributed by atoms with E-state index < -0.39 is 23.0 Å². The van der Waals surface area contributed by atoms with Crippen LogP contribution in [-0.2, 0) is 6.54 Å². The van der Waals surface area contributed by atoms with Crippen molar-refractivity contribution in [2.75, 3.05) is 26.2 Å². The first-order valence-electron chi connectivity index (χ1n) is 9.13. The first-order chi connectivity index (χ1) is 12.9. The van der Waals surface area contributed by atoms with Gasteiger partial charge in [-0.2, -0.15) is 0 Å². The minimum atomic E-state index is -0.831. The number of halogens is 2. The van der Waals surface area contributed by atoms with Crippen molar-refractivity contribution < 1.29 is 13.6 Å². The maximum Gasteiger partial charge on any atom is 0.193 e. The summed E-state index contributed by atoms with van der Waals surface area (Å²) in [6, 6.07) is 9.97. The summed E-state index contributed by atoms with van der Waals surface area (Å²) in [6.07, 6.45) is 2.89. The number of piperazine rings is 1. The number of hydrogen-bond donors (Lipinski definition) is 0. The third-order valence-corrected chi connectivity index (χ3v) is 5.03. The van der Waals surface area contributed by atoms with Gasteiger partial charge in [0.1, 0.15) is 11.6 Å². The second-order valence-corrected chi connectivity index (χ2v) is 7.01. The average molecular weight is 370 g/mol. The van der Waals surface area contributed by atoms with E-state index in [4.69, 9.17) is 0 Å². The number of carbonyl (C=O) groups is 1. The molecule has 5 heteroatoms. The molecule has 0 N–H and O–H groups in total. The van der Waals surface area contributed by atoms with E-state index >= 15 is 0 Å². The summed E-state index contributed by atoms with van der Waals surface area (Å²) in [7, 11) is 0. The summed E-state index contributed by atoms with van der Waals surface area (Å²) in [5.74, 6) is -2.31. The van der Waals surface area contributed by atoms with E-state index in [-0.39, 0.29) is 0 Å². The van der Waals surface area contributed by atoms with Crippen molar-refractivity contribution in [3.63, 3.8) is 0 Å². The minimum absolute atomic E-state index is 0.498. The van der Waals surface area contributed by atoms with Gasteiger partial charge in [0.15, 0.2) is 5.78 Å².